The highest BCUT2D eigenvalue weighted by atomic mass is 32.2. The van der Waals surface area contributed by atoms with Gasteiger partial charge in [0.25, 0.3) is 5.91 Å². The van der Waals surface area contributed by atoms with Crippen molar-refractivity contribution in [3.63, 3.8) is 0 Å². The third-order valence-electron chi connectivity index (χ3n) is 1.40. The molecule has 4 heteroatoms. The summed E-state index contributed by atoms with van der Waals surface area (Å²) in [5.41, 5.74) is 0.768. The molecule has 0 heterocycles. The summed E-state index contributed by atoms with van der Waals surface area (Å²) in [6.07, 6.45) is 1.78. The molecular formula is C9H9NOS2. The maximum absolute atomic E-state index is 11.3. The molecule has 0 aliphatic heterocycles. The van der Waals surface area contributed by atoms with E-state index in [9.17, 15) is 4.79 Å². The number of rotatable bonds is 1. The quantitative estimate of drug-likeness (QED) is 0.723. The lowest BCUT2D eigenvalue weighted by molar-refractivity contribution is -0.109. The van der Waals surface area contributed by atoms with E-state index < -0.39 is 0 Å². The number of hydrogen-bond acceptors (Lipinski definition) is 3. The Balaban J connectivity index is 2.60. The zero-order valence-electron chi connectivity index (χ0n) is 7.11. The van der Waals surface area contributed by atoms with Gasteiger partial charge < -0.3 is 5.32 Å². The van der Waals surface area contributed by atoms with Gasteiger partial charge in [0.2, 0.25) is 0 Å². The first-order chi connectivity index (χ1) is 6.24. The fraction of sp³-hybridized carbons (Fsp3) is 0.111. The summed E-state index contributed by atoms with van der Waals surface area (Å²) in [6, 6.07) is 9.25. The first-order valence-corrected chi connectivity index (χ1v) is 5.31. The van der Waals surface area contributed by atoms with E-state index >= 15 is 0 Å². The van der Waals surface area contributed by atoms with E-state index in [0.29, 0.717) is 4.20 Å². The average molecular weight is 211 g/mol. The fourth-order valence-corrected chi connectivity index (χ4v) is 1.08. The maximum atomic E-state index is 11.3. The fourth-order valence-electron chi connectivity index (χ4n) is 0.796. The van der Waals surface area contributed by atoms with E-state index in [2.05, 4.69) is 5.32 Å². The van der Waals surface area contributed by atoms with Crippen molar-refractivity contribution in [1.29, 1.82) is 0 Å². The summed E-state index contributed by atoms with van der Waals surface area (Å²) in [7, 11) is 0. The van der Waals surface area contributed by atoms with Crippen molar-refractivity contribution in [3.8, 4) is 0 Å². The zero-order chi connectivity index (χ0) is 9.68. The number of thiocarbonyl (C=S) groups is 1. The Bertz CT molecular complexity index is 311. The van der Waals surface area contributed by atoms with Crippen molar-refractivity contribution in [2.45, 2.75) is 0 Å². The van der Waals surface area contributed by atoms with Gasteiger partial charge in [0.05, 0.1) is 0 Å². The minimum atomic E-state index is -0.214. The third-order valence-corrected chi connectivity index (χ3v) is 2.64. The lowest BCUT2D eigenvalue weighted by Crippen LogP contribution is -2.17. The Morgan fingerprint density at radius 3 is 2.54 bits per heavy atom. The van der Waals surface area contributed by atoms with Crippen molar-refractivity contribution < 1.29 is 4.79 Å². The van der Waals surface area contributed by atoms with E-state index in [0.717, 1.165) is 5.69 Å². The lowest BCUT2D eigenvalue weighted by atomic mass is 10.3. The Morgan fingerprint density at radius 1 is 1.38 bits per heavy atom. The van der Waals surface area contributed by atoms with Gasteiger partial charge in [-0.3, -0.25) is 4.79 Å². The van der Waals surface area contributed by atoms with Gasteiger partial charge in [-0.1, -0.05) is 30.4 Å². The smallest absolute Gasteiger partial charge is 0.273 e. The molecule has 0 fully saturated rings. The first-order valence-electron chi connectivity index (χ1n) is 3.68. The number of carbonyl (C=O) groups is 1. The highest BCUT2D eigenvalue weighted by molar-refractivity contribution is 8.24. The number of thioether (sulfide) groups is 1. The van der Waals surface area contributed by atoms with Gasteiger partial charge in [0.15, 0.2) is 0 Å². The lowest BCUT2D eigenvalue weighted by Gasteiger charge is -2.03. The number of anilines is 1. The summed E-state index contributed by atoms with van der Waals surface area (Å²) >= 11 is 6.10. The van der Waals surface area contributed by atoms with Crippen LogP contribution >= 0.6 is 24.0 Å². The molecule has 1 amide bonds. The molecule has 1 aromatic rings. The number of nitrogens with one attached hydrogen (secondary N) is 1. The van der Waals surface area contributed by atoms with Gasteiger partial charge in [0, 0.05) is 5.69 Å². The topological polar surface area (TPSA) is 29.1 Å². The highest BCUT2D eigenvalue weighted by Gasteiger charge is 2.06. The molecule has 0 atom stereocenters. The maximum Gasteiger partial charge on any atom is 0.273 e. The van der Waals surface area contributed by atoms with E-state index in [4.69, 9.17) is 12.2 Å². The first kappa shape index (κ1) is 10.2. The summed E-state index contributed by atoms with van der Waals surface area (Å²) in [5, 5.41) is 2.69. The van der Waals surface area contributed by atoms with Crippen LogP contribution in [0.4, 0.5) is 5.69 Å². The molecule has 0 aliphatic carbocycles. The van der Waals surface area contributed by atoms with Crippen LogP contribution in [0, 0.1) is 0 Å². The average Bonchev–Trinajstić information content (AvgIpc) is 2.18. The van der Waals surface area contributed by atoms with Crippen molar-refractivity contribution in [1.82, 2.24) is 0 Å². The molecule has 0 unspecified atom stereocenters. The second kappa shape index (κ2) is 4.99. The molecule has 0 aromatic heterocycles. The van der Waals surface area contributed by atoms with Crippen LogP contribution < -0.4 is 5.32 Å². The van der Waals surface area contributed by atoms with Crippen LogP contribution in [0.3, 0.4) is 0 Å². The SMILES string of the molecule is CSC(=S)C(=O)Nc1ccccc1. The van der Waals surface area contributed by atoms with Crippen LogP contribution in [0.25, 0.3) is 0 Å². The summed E-state index contributed by atoms with van der Waals surface area (Å²) in [5.74, 6) is -0.214. The van der Waals surface area contributed by atoms with Gasteiger partial charge in [0.1, 0.15) is 4.20 Å². The van der Waals surface area contributed by atoms with E-state index in [1.54, 1.807) is 6.26 Å². The van der Waals surface area contributed by atoms with Crippen LogP contribution in [-0.4, -0.2) is 16.4 Å². The minimum absolute atomic E-state index is 0.214. The third kappa shape index (κ3) is 3.16. The van der Waals surface area contributed by atoms with Crippen LogP contribution in [0.5, 0.6) is 0 Å². The number of carbonyl (C=O) groups excluding carboxylic acids is 1. The van der Waals surface area contributed by atoms with Crippen molar-refractivity contribution >= 4 is 39.8 Å². The largest absolute Gasteiger partial charge is 0.321 e. The Kier molecular flexibility index (Phi) is 3.92. The standard InChI is InChI=1S/C9H9NOS2/c1-13-9(12)8(11)10-7-5-3-2-4-6-7/h2-6H,1H3,(H,10,11). The molecule has 68 valence electrons. The number of amides is 1. The van der Waals surface area contributed by atoms with Crippen molar-refractivity contribution in [3.05, 3.63) is 30.3 Å². The zero-order valence-corrected chi connectivity index (χ0v) is 8.74. The molecule has 0 spiro atoms. The molecule has 0 aliphatic rings. The van der Waals surface area contributed by atoms with Gasteiger partial charge in [-0.05, 0) is 18.4 Å². The molecule has 0 saturated carbocycles. The number of hydrogen-bond donors (Lipinski definition) is 1. The predicted octanol–water partition coefficient (Wildman–Crippen LogP) is 2.32. The Labute approximate surface area is 86.7 Å². The molecule has 13 heavy (non-hydrogen) atoms. The van der Waals surface area contributed by atoms with E-state index in [1.807, 2.05) is 30.3 Å². The monoisotopic (exact) mass is 211 g/mol. The Hall–Kier alpha value is -0.870. The van der Waals surface area contributed by atoms with Crippen molar-refractivity contribution in [2.75, 3.05) is 11.6 Å². The van der Waals surface area contributed by atoms with Crippen molar-refractivity contribution in [2.24, 2.45) is 0 Å². The Morgan fingerprint density at radius 2 is 2.00 bits per heavy atom. The molecule has 1 aromatic carbocycles. The van der Waals surface area contributed by atoms with Crippen LogP contribution in [0.15, 0.2) is 30.3 Å². The van der Waals surface area contributed by atoms with Crippen LogP contribution in [0.2, 0.25) is 0 Å². The normalized spacial score (nSPS) is 9.31. The predicted molar refractivity (Wildman–Crippen MR) is 61.2 cm³/mol. The van der Waals surface area contributed by atoms with Gasteiger partial charge in [-0.25, -0.2) is 0 Å². The number of para-hydroxylation sites is 1. The molecule has 0 saturated heterocycles. The summed E-state index contributed by atoms with van der Waals surface area (Å²) < 4.78 is 0.351. The number of benzene rings is 1. The molecular weight excluding hydrogens is 202 g/mol. The molecule has 1 rings (SSSR count). The molecule has 1 N–H and O–H groups in total. The van der Waals surface area contributed by atoms with Gasteiger partial charge in [-0.2, -0.15) is 0 Å². The van der Waals surface area contributed by atoms with Gasteiger partial charge in [-0.15, -0.1) is 11.8 Å². The second-order valence-electron chi connectivity index (χ2n) is 2.31. The molecule has 2 nitrogen and oxygen atoms in total. The molecule has 0 bridgehead atoms. The second-order valence-corrected chi connectivity index (χ2v) is 3.79. The van der Waals surface area contributed by atoms with Crippen LogP contribution in [-0.2, 0) is 4.79 Å². The van der Waals surface area contributed by atoms with Crippen LogP contribution in [0.1, 0.15) is 0 Å². The highest BCUT2D eigenvalue weighted by Crippen LogP contribution is 2.07. The van der Waals surface area contributed by atoms with E-state index in [-0.39, 0.29) is 5.91 Å². The summed E-state index contributed by atoms with van der Waals surface area (Å²) in [6.45, 7) is 0. The summed E-state index contributed by atoms with van der Waals surface area (Å²) in [4.78, 5) is 11.3. The molecule has 0 radical (unpaired) electrons. The minimum Gasteiger partial charge on any atom is -0.321 e. The van der Waals surface area contributed by atoms with Gasteiger partial charge >= 0.3 is 0 Å². The van der Waals surface area contributed by atoms with E-state index in [1.165, 1.54) is 11.8 Å².